The molecule has 2 unspecified atom stereocenters. The first-order valence-corrected chi connectivity index (χ1v) is 7.68. The monoisotopic (exact) mass is 277 g/mol. The Morgan fingerprint density at radius 2 is 1.90 bits per heavy atom. The van der Waals surface area contributed by atoms with Gasteiger partial charge in [-0.3, -0.25) is 9.69 Å². The first kappa shape index (κ1) is 12.8. The fraction of sp³-hybridized carbons (Fsp3) is 0.316. The van der Waals surface area contributed by atoms with E-state index in [2.05, 4.69) is 60.5 Å². The summed E-state index contributed by atoms with van der Waals surface area (Å²) in [5.41, 5.74) is 2.16. The second-order valence-electron chi connectivity index (χ2n) is 6.21. The molecular weight excluding hydrogens is 258 g/mol. The van der Waals surface area contributed by atoms with Crippen LogP contribution >= 0.6 is 0 Å². The number of fused-ring (bicyclic) bond motifs is 3. The Morgan fingerprint density at radius 3 is 2.81 bits per heavy atom. The summed E-state index contributed by atoms with van der Waals surface area (Å²) in [4.78, 5) is 14.8. The normalized spacial score (nSPS) is 27.7. The lowest BCUT2D eigenvalue weighted by Crippen LogP contribution is -2.41. The minimum absolute atomic E-state index is 0.315. The zero-order valence-corrected chi connectivity index (χ0v) is 12.3. The Kier molecular flexibility index (Phi) is 2.93. The molecule has 0 saturated carbocycles. The van der Waals surface area contributed by atoms with E-state index in [1.54, 1.807) is 0 Å². The van der Waals surface area contributed by atoms with Crippen molar-refractivity contribution >= 4 is 22.6 Å². The van der Waals surface area contributed by atoms with E-state index in [0.717, 1.165) is 24.0 Å². The van der Waals surface area contributed by atoms with E-state index < -0.39 is 0 Å². The molecule has 0 spiro atoms. The van der Waals surface area contributed by atoms with Crippen molar-refractivity contribution in [1.82, 2.24) is 4.90 Å². The summed E-state index contributed by atoms with van der Waals surface area (Å²) in [7, 11) is 2.16. The molecule has 2 heterocycles. The van der Waals surface area contributed by atoms with Gasteiger partial charge >= 0.3 is 0 Å². The number of hydrogen-bond acceptors (Lipinski definition) is 2. The fourth-order valence-electron chi connectivity index (χ4n) is 3.87. The molecule has 2 nitrogen and oxygen atoms in total. The molecule has 0 N–H and O–H groups in total. The fourth-order valence-corrected chi connectivity index (χ4v) is 3.87. The van der Waals surface area contributed by atoms with Gasteiger partial charge in [0.05, 0.1) is 0 Å². The summed E-state index contributed by atoms with van der Waals surface area (Å²) >= 11 is 0. The zero-order valence-electron chi connectivity index (χ0n) is 12.3. The molecule has 2 aliphatic rings. The van der Waals surface area contributed by atoms with Gasteiger partial charge in [-0.25, -0.2) is 0 Å². The van der Waals surface area contributed by atoms with Gasteiger partial charge in [-0.05, 0) is 42.3 Å². The van der Waals surface area contributed by atoms with Gasteiger partial charge in [0.1, 0.15) is 0 Å². The third-order valence-electron chi connectivity index (χ3n) is 5.08. The Labute approximate surface area is 125 Å². The average molecular weight is 277 g/mol. The second-order valence-corrected chi connectivity index (χ2v) is 6.21. The van der Waals surface area contributed by atoms with E-state index in [9.17, 15) is 4.79 Å². The molecule has 21 heavy (non-hydrogen) atoms. The predicted molar refractivity (Wildman–Crippen MR) is 86.1 cm³/mol. The summed E-state index contributed by atoms with van der Waals surface area (Å²) in [5, 5.41) is 2.45. The van der Waals surface area contributed by atoms with E-state index in [4.69, 9.17) is 0 Å². The molecule has 2 aromatic carbocycles. The number of carbonyl (C=O) groups is 1. The topological polar surface area (TPSA) is 20.3 Å². The first-order chi connectivity index (χ1) is 10.2. The first-order valence-electron chi connectivity index (χ1n) is 7.68. The Bertz CT molecular complexity index is 741. The van der Waals surface area contributed by atoms with Gasteiger partial charge in [-0.2, -0.15) is 0 Å². The van der Waals surface area contributed by atoms with Gasteiger partial charge < -0.3 is 0 Å². The molecular formula is C19H19NO. The maximum Gasteiger partial charge on any atom is 0.162 e. The lowest BCUT2D eigenvalue weighted by Gasteiger charge is -2.32. The molecule has 2 fully saturated rings. The van der Waals surface area contributed by atoms with Crippen molar-refractivity contribution in [2.24, 2.45) is 0 Å². The minimum Gasteiger partial charge on any atom is -0.296 e. The van der Waals surface area contributed by atoms with Crippen LogP contribution in [-0.4, -0.2) is 29.8 Å². The summed E-state index contributed by atoms with van der Waals surface area (Å²) < 4.78 is 0. The molecule has 2 saturated heterocycles. The summed E-state index contributed by atoms with van der Waals surface area (Å²) in [5.74, 6) is 0.341. The Balaban J connectivity index is 1.84. The average Bonchev–Trinajstić information content (AvgIpc) is 2.76. The van der Waals surface area contributed by atoms with Gasteiger partial charge in [-0.15, -0.1) is 0 Å². The molecule has 0 aliphatic carbocycles. The van der Waals surface area contributed by atoms with Crippen LogP contribution in [0, 0.1) is 0 Å². The molecule has 106 valence electrons. The van der Waals surface area contributed by atoms with Crippen molar-refractivity contribution in [3.8, 4) is 0 Å². The highest BCUT2D eigenvalue weighted by Gasteiger charge is 2.41. The van der Waals surface area contributed by atoms with E-state index in [-0.39, 0.29) is 0 Å². The van der Waals surface area contributed by atoms with Crippen LogP contribution in [0.2, 0.25) is 0 Å². The Hall–Kier alpha value is -1.93. The van der Waals surface area contributed by atoms with E-state index in [1.165, 1.54) is 10.8 Å². The number of hydrogen-bond donors (Lipinski definition) is 0. The van der Waals surface area contributed by atoms with E-state index >= 15 is 0 Å². The molecule has 2 bridgehead atoms. The van der Waals surface area contributed by atoms with E-state index in [0.29, 0.717) is 24.3 Å². The molecule has 0 aromatic heterocycles. The van der Waals surface area contributed by atoms with Crippen molar-refractivity contribution in [2.45, 2.75) is 31.3 Å². The highest BCUT2D eigenvalue weighted by molar-refractivity contribution is 6.04. The second kappa shape index (κ2) is 4.81. The molecule has 0 amide bonds. The SMILES string of the molecule is CN1C2CCC1/C(=C\c1cccc3ccccc13)C(=O)C2. The number of likely N-dealkylation sites (N-methyl/N-ethyl adjacent to an activating group) is 1. The lowest BCUT2D eigenvalue weighted by molar-refractivity contribution is -0.118. The standard InChI is InChI=1S/C19H19NO/c1-20-15-9-10-18(20)17(19(21)12-15)11-14-7-4-6-13-5-2-3-8-16(13)14/h2-8,11,15,18H,9-10,12H2,1H3/b17-11+. The van der Waals surface area contributed by atoms with Crippen molar-refractivity contribution in [2.75, 3.05) is 7.05 Å². The molecule has 2 aliphatic heterocycles. The van der Waals surface area contributed by atoms with Crippen LogP contribution < -0.4 is 0 Å². The quantitative estimate of drug-likeness (QED) is 0.741. The largest absolute Gasteiger partial charge is 0.296 e. The smallest absolute Gasteiger partial charge is 0.162 e. The van der Waals surface area contributed by atoms with Gasteiger partial charge in [-0.1, -0.05) is 42.5 Å². The highest BCUT2D eigenvalue weighted by atomic mass is 16.1. The van der Waals surface area contributed by atoms with Gasteiger partial charge in [0.25, 0.3) is 0 Å². The van der Waals surface area contributed by atoms with Crippen LogP contribution in [-0.2, 0) is 4.79 Å². The van der Waals surface area contributed by atoms with Crippen LogP contribution in [0.4, 0.5) is 0 Å². The number of piperidine rings is 1. The van der Waals surface area contributed by atoms with Gasteiger partial charge in [0.15, 0.2) is 5.78 Å². The minimum atomic E-state index is 0.315. The number of ketones is 1. The van der Waals surface area contributed by atoms with Crippen LogP contribution in [0.25, 0.3) is 16.8 Å². The summed E-state index contributed by atoms with van der Waals surface area (Å²) in [6, 6.07) is 15.5. The van der Waals surface area contributed by atoms with E-state index in [1.807, 2.05) is 0 Å². The summed E-state index contributed by atoms with van der Waals surface area (Å²) in [6.45, 7) is 0. The van der Waals surface area contributed by atoms with Crippen LogP contribution in [0.3, 0.4) is 0 Å². The number of benzene rings is 2. The molecule has 0 radical (unpaired) electrons. The highest BCUT2D eigenvalue weighted by Crippen LogP contribution is 2.37. The molecule has 2 heteroatoms. The van der Waals surface area contributed by atoms with Gasteiger partial charge in [0.2, 0.25) is 0 Å². The summed E-state index contributed by atoms with van der Waals surface area (Å²) in [6.07, 6.45) is 5.08. The van der Waals surface area contributed by atoms with Crippen LogP contribution in [0.15, 0.2) is 48.0 Å². The van der Waals surface area contributed by atoms with Crippen molar-refractivity contribution in [1.29, 1.82) is 0 Å². The molecule has 2 atom stereocenters. The van der Waals surface area contributed by atoms with Gasteiger partial charge in [0, 0.05) is 24.1 Å². The third-order valence-corrected chi connectivity index (χ3v) is 5.08. The molecule has 4 rings (SSSR count). The van der Waals surface area contributed by atoms with Crippen LogP contribution in [0.5, 0.6) is 0 Å². The van der Waals surface area contributed by atoms with Crippen molar-refractivity contribution < 1.29 is 4.79 Å². The molecule has 2 aromatic rings. The van der Waals surface area contributed by atoms with Crippen LogP contribution in [0.1, 0.15) is 24.8 Å². The lowest BCUT2D eigenvalue weighted by atomic mass is 9.92. The third kappa shape index (κ3) is 2.02. The number of nitrogens with zero attached hydrogens (tertiary/aromatic N) is 1. The number of rotatable bonds is 1. The maximum absolute atomic E-state index is 12.4. The zero-order chi connectivity index (χ0) is 14.4. The van der Waals surface area contributed by atoms with Crippen molar-refractivity contribution in [3.05, 3.63) is 53.6 Å². The predicted octanol–water partition coefficient (Wildman–Crippen LogP) is 3.66. The number of carbonyl (C=O) groups excluding carboxylic acids is 1. The number of Topliss-reactive ketones (excluding diaryl/α,β-unsaturated/α-hetero) is 1. The Morgan fingerprint density at radius 1 is 1.10 bits per heavy atom. The van der Waals surface area contributed by atoms with Crippen molar-refractivity contribution in [3.63, 3.8) is 0 Å². The maximum atomic E-state index is 12.4.